The van der Waals surface area contributed by atoms with Crippen molar-refractivity contribution in [2.45, 2.75) is 19.4 Å². The molecule has 0 aromatic carbocycles. The van der Waals surface area contributed by atoms with Gasteiger partial charge in [0.2, 0.25) is 17.7 Å². The van der Waals surface area contributed by atoms with Gasteiger partial charge in [0, 0.05) is 13.5 Å². The first-order valence-corrected chi connectivity index (χ1v) is 4.41. The number of nitrogens with one attached hydrogen (secondary N) is 3. The molecule has 78 valence electrons. The van der Waals surface area contributed by atoms with Gasteiger partial charge in [0.25, 0.3) is 0 Å². The van der Waals surface area contributed by atoms with E-state index in [0.717, 1.165) is 0 Å². The van der Waals surface area contributed by atoms with E-state index in [9.17, 15) is 14.4 Å². The Kier molecular flexibility index (Phi) is 3.44. The Morgan fingerprint density at radius 3 is 2.79 bits per heavy atom. The molecule has 1 rings (SSSR count). The summed E-state index contributed by atoms with van der Waals surface area (Å²) in [4.78, 5) is 32.7. The van der Waals surface area contributed by atoms with Crippen molar-refractivity contribution in [3.05, 3.63) is 0 Å². The van der Waals surface area contributed by atoms with Gasteiger partial charge in [0.15, 0.2) is 0 Å². The first-order chi connectivity index (χ1) is 6.59. The summed E-state index contributed by atoms with van der Waals surface area (Å²) in [6, 6.07) is -0.448. The Labute approximate surface area is 81.4 Å². The number of hydrogen-bond donors (Lipinski definition) is 3. The Balaban J connectivity index is 2.26. The molecule has 1 unspecified atom stereocenters. The van der Waals surface area contributed by atoms with Gasteiger partial charge in [-0.2, -0.15) is 0 Å². The highest BCUT2D eigenvalue weighted by molar-refractivity contribution is 5.90. The Morgan fingerprint density at radius 1 is 1.57 bits per heavy atom. The van der Waals surface area contributed by atoms with E-state index in [-0.39, 0.29) is 24.3 Å². The molecule has 0 bridgehead atoms. The van der Waals surface area contributed by atoms with Crippen LogP contribution in [0.15, 0.2) is 0 Å². The molecule has 14 heavy (non-hydrogen) atoms. The van der Waals surface area contributed by atoms with E-state index >= 15 is 0 Å². The summed E-state index contributed by atoms with van der Waals surface area (Å²) in [7, 11) is 0. The molecule has 3 N–H and O–H groups in total. The van der Waals surface area contributed by atoms with E-state index in [2.05, 4.69) is 16.0 Å². The van der Waals surface area contributed by atoms with Crippen molar-refractivity contribution >= 4 is 17.7 Å². The van der Waals surface area contributed by atoms with Gasteiger partial charge >= 0.3 is 0 Å². The quantitative estimate of drug-likeness (QED) is 0.497. The van der Waals surface area contributed by atoms with Gasteiger partial charge in [0.1, 0.15) is 6.04 Å². The molecule has 1 aliphatic heterocycles. The largest absolute Gasteiger partial charge is 0.354 e. The zero-order valence-electron chi connectivity index (χ0n) is 7.92. The van der Waals surface area contributed by atoms with Gasteiger partial charge in [-0.05, 0) is 6.42 Å². The van der Waals surface area contributed by atoms with Crippen LogP contribution in [0, 0.1) is 0 Å². The maximum absolute atomic E-state index is 11.1. The van der Waals surface area contributed by atoms with Crippen molar-refractivity contribution in [3.8, 4) is 0 Å². The summed E-state index contributed by atoms with van der Waals surface area (Å²) >= 11 is 0. The molecular weight excluding hydrogens is 186 g/mol. The Morgan fingerprint density at radius 2 is 2.29 bits per heavy atom. The van der Waals surface area contributed by atoms with Gasteiger partial charge < -0.3 is 16.0 Å². The predicted molar refractivity (Wildman–Crippen MR) is 48.2 cm³/mol. The normalized spacial score (nSPS) is 20.1. The van der Waals surface area contributed by atoms with Crippen LogP contribution in [0.2, 0.25) is 0 Å². The zero-order valence-corrected chi connectivity index (χ0v) is 7.92. The third-order valence-electron chi connectivity index (χ3n) is 1.88. The van der Waals surface area contributed by atoms with Crippen LogP contribution in [0.5, 0.6) is 0 Å². The summed E-state index contributed by atoms with van der Waals surface area (Å²) in [5, 5.41) is 7.47. The summed E-state index contributed by atoms with van der Waals surface area (Å²) in [6.07, 6.45) is 0.602. The second-order valence-electron chi connectivity index (χ2n) is 3.11. The van der Waals surface area contributed by atoms with Gasteiger partial charge in [-0.1, -0.05) is 0 Å². The van der Waals surface area contributed by atoms with E-state index in [4.69, 9.17) is 0 Å². The highest BCUT2D eigenvalue weighted by atomic mass is 16.2. The number of hydrogen-bond acceptors (Lipinski definition) is 3. The smallest absolute Gasteiger partial charge is 0.242 e. The van der Waals surface area contributed by atoms with Gasteiger partial charge in [-0.15, -0.1) is 0 Å². The lowest BCUT2D eigenvalue weighted by Gasteiger charge is -2.09. The van der Waals surface area contributed by atoms with E-state index in [1.165, 1.54) is 6.92 Å². The Bertz CT molecular complexity index is 265. The molecule has 1 atom stereocenters. The number of carbonyl (C=O) groups excluding carboxylic acids is 3. The first kappa shape index (κ1) is 10.5. The fraction of sp³-hybridized carbons (Fsp3) is 0.625. The van der Waals surface area contributed by atoms with Crippen molar-refractivity contribution in [2.24, 2.45) is 0 Å². The minimum Gasteiger partial charge on any atom is -0.354 e. The van der Waals surface area contributed by atoms with Crippen LogP contribution in [0.4, 0.5) is 0 Å². The molecule has 3 amide bonds. The molecule has 0 aromatic heterocycles. The molecule has 0 aliphatic carbocycles. The SMILES string of the molecule is CC(=O)NCC(=O)NC1CCNC1=O. The molecule has 1 heterocycles. The van der Waals surface area contributed by atoms with E-state index < -0.39 is 6.04 Å². The zero-order chi connectivity index (χ0) is 10.6. The minimum atomic E-state index is -0.448. The van der Waals surface area contributed by atoms with Crippen molar-refractivity contribution in [1.29, 1.82) is 0 Å². The summed E-state index contributed by atoms with van der Waals surface area (Å²) in [6.45, 7) is 1.83. The molecule has 1 aliphatic rings. The molecule has 1 fully saturated rings. The van der Waals surface area contributed by atoms with Crippen molar-refractivity contribution in [3.63, 3.8) is 0 Å². The molecule has 0 radical (unpaired) electrons. The lowest BCUT2D eigenvalue weighted by molar-refractivity contribution is -0.128. The van der Waals surface area contributed by atoms with Crippen LogP contribution in [-0.4, -0.2) is 36.9 Å². The summed E-state index contributed by atoms with van der Waals surface area (Å²) in [5.74, 6) is -0.778. The third kappa shape index (κ3) is 3.04. The summed E-state index contributed by atoms with van der Waals surface area (Å²) < 4.78 is 0. The van der Waals surface area contributed by atoms with Crippen LogP contribution in [0.3, 0.4) is 0 Å². The van der Waals surface area contributed by atoms with Crippen LogP contribution in [0.25, 0.3) is 0 Å². The second-order valence-corrected chi connectivity index (χ2v) is 3.11. The molecular formula is C8H13N3O3. The number of rotatable bonds is 3. The average Bonchev–Trinajstić information content (AvgIpc) is 2.49. The highest BCUT2D eigenvalue weighted by Crippen LogP contribution is 1.98. The number of carbonyl (C=O) groups is 3. The molecule has 1 saturated heterocycles. The van der Waals surface area contributed by atoms with Crippen molar-refractivity contribution < 1.29 is 14.4 Å². The third-order valence-corrected chi connectivity index (χ3v) is 1.88. The maximum Gasteiger partial charge on any atom is 0.242 e. The Hall–Kier alpha value is -1.59. The topological polar surface area (TPSA) is 87.3 Å². The predicted octanol–water partition coefficient (Wildman–Crippen LogP) is -1.87. The van der Waals surface area contributed by atoms with Gasteiger partial charge in [0.05, 0.1) is 6.54 Å². The lowest BCUT2D eigenvalue weighted by atomic mass is 10.2. The first-order valence-electron chi connectivity index (χ1n) is 4.41. The molecule has 0 aromatic rings. The fourth-order valence-corrected chi connectivity index (χ4v) is 1.18. The lowest BCUT2D eigenvalue weighted by Crippen LogP contribution is -2.44. The van der Waals surface area contributed by atoms with Crippen LogP contribution in [0.1, 0.15) is 13.3 Å². The van der Waals surface area contributed by atoms with Gasteiger partial charge in [-0.3, -0.25) is 14.4 Å². The van der Waals surface area contributed by atoms with Gasteiger partial charge in [-0.25, -0.2) is 0 Å². The fourth-order valence-electron chi connectivity index (χ4n) is 1.18. The average molecular weight is 199 g/mol. The molecule has 0 saturated carbocycles. The number of amides is 3. The van der Waals surface area contributed by atoms with Crippen LogP contribution < -0.4 is 16.0 Å². The maximum atomic E-state index is 11.1. The van der Waals surface area contributed by atoms with Crippen molar-refractivity contribution in [1.82, 2.24) is 16.0 Å². The molecule has 0 spiro atoms. The minimum absolute atomic E-state index is 0.0842. The molecule has 6 nitrogen and oxygen atoms in total. The van der Waals surface area contributed by atoms with Crippen LogP contribution in [-0.2, 0) is 14.4 Å². The van der Waals surface area contributed by atoms with Crippen LogP contribution >= 0.6 is 0 Å². The van der Waals surface area contributed by atoms with E-state index in [0.29, 0.717) is 13.0 Å². The monoisotopic (exact) mass is 199 g/mol. The van der Waals surface area contributed by atoms with E-state index in [1.54, 1.807) is 0 Å². The summed E-state index contributed by atoms with van der Waals surface area (Å²) in [5.41, 5.74) is 0. The standard InChI is InChI=1S/C8H13N3O3/c1-5(12)10-4-7(13)11-6-2-3-9-8(6)14/h6H,2-4H2,1H3,(H,9,14)(H,10,12)(H,11,13). The second kappa shape index (κ2) is 4.59. The molecule has 6 heteroatoms. The highest BCUT2D eigenvalue weighted by Gasteiger charge is 2.25. The van der Waals surface area contributed by atoms with E-state index in [1.807, 2.05) is 0 Å². The van der Waals surface area contributed by atoms with Crippen molar-refractivity contribution in [2.75, 3.05) is 13.1 Å².